The van der Waals surface area contributed by atoms with Crippen LogP contribution in [0.15, 0.2) is 194 Å². The van der Waals surface area contributed by atoms with Crippen molar-refractivity contribution in [3.63, 3.8) is 0 Å². The second-order valence-electron chi connectivity index (χ2n) is 15.6. The van der Waals surface area contributed by atoms with Crippen LogP contribution < -0.4 is 14.8 Å². The Kier molecular flexibility index (Phi) is 12.2. The van der Waals surface area contributed by atoms with Crippen LogP contribution in [0.25, 0.3) is 11.2 Å². The maximum atomic E-state index is 6.73. The summed E-state index contributed by atoms with van der Waals surface area (Å²) in [6.07, 6.45) is 2.34. The molecule has 2 heterocycles. The zero-order chi connectivity index (χ0) is 42.1. The molecule has 9 nitrogen and oxygen atoms in total. The van der Waals surface area contributed by atoms with Crippen molar-refractivity contribution in [1.82, 2.24) is 19.5 Å². The van der Waals surface area contributed by atoms with Gasteiger partial charge in [0.1, 0.15) is 17.9 Å². The van der Waals surface area contributed by atoms with Crippen molar-refractivity contribution in [1.29, 1.82) is 0 Å². The highest BCUT2D eigenvalue weighted by Gasteiger charge is 2.41. The van der Waals surface area contributed by atoms with Crippen molar-refractivity contribution < 1.29 is 18.9 Å². The van der Waals surface area contributed by atoms with Crippen LogP contribution in [0, 0.1) is 5.92 Å². The summed E-state index contributed by atoms with van der Waals surface area (Å²) in [4.78, 5) is 15.4. The number of imidazole rings is 1. The van der Waals surface area contributed by atoms with E-state index in [4.69, 9.17) is 40.5 Å². The van der Waals surface area contributed by atoms with E-state index in [0.717, 1.165) is 44.7 Å². The number of benzene rings is 6. The molecule has 310 valence electrons. The highest BCUT2D eigenvalue weighted by Crippen LogP contribution is 2.44. The van der Waals surface area contributed by atoms with E-state index in [1.54, 1.807) is 7.11 Å². The Balaban J connectivity index is 1.13. The van der Waals surface area contributed by atoms with Crippen LogP contribution in [0.4, 0.5) is 5.95 Å². The Morgan fingerprint density at radius 1 is 0.645 bits per heavy atom. The molecule has 8 aromatic rings. The van der Waals surface area contributed by atoms with Gasteiger partial charge in [-0.05, 0) is 57.5 Å². The summed E-state index contributed by atoms with van der Waals surface area (Å²) >= 11 is 0. The molecule has 1 N–H and O–H groups in total. The Labute approximate surface area is 362 Å². The lowest BCUT2D eigenvalue weighted by molar-refractivity contribution is -0.0122. The van der Waals surface area contributed by atoms with E-state index in [9.17, 15) is 0 Å². The zero-order valence-electron chi connectivity index (χ0n) is 34.7. The first kappa shape index (κ1) is 40.3. The van der Waals surface area contributed by atoms with Gasteiger partial charge in [0, 0.05) is 5.92 Å². The first-order chi connectivity index (χ1) is 30.6. The molecule has 1 aliphatic rings. The Bertz CT molecular complexity index is 2640. The number of hydrogen-bond donors (Lipinski definition) is 1. The molecule has 0 radical (unpaired) electrons. The van der Waals surface area contributed by atoms with E-state index in [0.29, 0.717) is 55.8 Å². The Morgan fingerprint density at radius 3 is 1.76 bits per heavy atom. The van der Waals surface area contributed by atoms with Crippen molar-refractivity contribution in [3.05, 3.63) is 228 Å². The van der Waals surface area contributed by atoms with Crippen LogP contribution in [0.3, 0.4) is 0 Å². The minimum atomic E-state index is -0.932. The van der Waals surface area contributed by atoms with Crippen LogP contribution in [0.5, 0.6) is 11.6 Å². The fourth-order valence-corrected chi connectivity index (χ4v) is 8.47. The molecule has 0 aliphatic heterocycles. The van der Waals surface area contributed by atoms with Crippen molar-refractivity contribution in [3.8, 4) is 11.6 Å². The largest absolute Gasteiger partial charge is 0.497 e. The number of ether oxygens (including phenoxy) is 4. The number of aromatic nitrogens is 4. The fourth-order valence-electron chi connectivity index (χ4n) is 8.47. The normalized spacial score (nSPS) is 16.3. The van der Waals surface area contributed by atoms with Gasteiger partial charge in [-0.15, -0.1) is 0 Å². The van der Waals surface area contributed by atoms with E-state index in [2.05, 4.69) is 70.5 Å². The van der Waals surface area contributed by atoms with E-state index in [1.807, 2.05) is 122 Å². The fraction of sp³-hybridized carbons (Fsp3) is 0.189. The van der Waals surface area contributed by atoms with Crippen LogP contribution in [-0.4, -0.2) is 39.3 Å². The van der Waals surface area contributed by atoms with Gasteiger partial charge in [-0.3, -0.25) is 0 Å². The van der Waals surface area contributed by atoms with Gasteiger partial charge < -0.3 is 28.8 Å². The molecule has 0 bridgehead atoms. The van der Waals surface area contributed by atoms with Crippen molar-refractivity contribution in [2.45, 2.75) is 43.9 Å². The third-order valence-electron chi connectivity index (χ3n) is 11.7. The van der Waals surface area contributed by atoms with Gasteiger partial charge in [-0.1, -0.05) is 170 Å². The number of hydrogen-bond acceptors (Lipinski definition) is 8. The molecule has 2 aromatic heterocycles. The van der Waals surface area contributed by atoms with Crippen molar-refractivity contribution in [2.24, 2.45) is 5.92 Å². The molecule has 9 rings (SSSR count). The molecular weight excluding hydrogens is 771 g/mol. The van der Waals surface area contributed by atoms with E-state index in [-0.39, 0.29) is 18.1 Å². The number of fused-ring (bicyclic) bond motifs is 1. The SMILES string of the molecule is C=C1[C@H](n2cnc3c(OCc4ccccc4)nc(NC(c4ccccc4)(c4ccccc4)c4ccc(OC)cc4)nc32)CC(OCc2ccccc2)[C@H]1COCc1ccccc1. The third-order valence-corrected chi connectivity index (χ3v) is 11.7. The summed E-state index contributed by atoms with van der Waals surface area (Å²) in [7, 11) is 1.68. The maximum Gasteiger partial charge on any atom is 0.247 e. The Hall–Kier alpha value is -7.07. The molecule has 1 saturated carbocycles. The topological polar surface area (TPSA) is 92.6 Å². The van der Waals surface area contributed by atoms with Crippen molar-refractivity contribution in [2.75, 3.05) is 19.0 Å². The molecule has 1 unspecified atom stereocenters. The van der Waals surface area contributed by atoms with Crippen LogP contribution in [0.2, 0.25) is 0 Å². The highest BCUT2D eigenvalue weighted by molar-refractivity contribution is 5.78. The molecule has 0 saturated heterocycles. The standard InChI is InChI=1S/C53H49N5O4/c1-38-46(36-60-33-39-18-8-3-9-19-39)48(61-34-40-20-10-4-11-21-40)32-47(38)58-37-54-49-50(58)55-52(56-51(49)62-35-41-22-12-5-13-23-41)57-53(42-24-14-6-15-25-42,43-26-16-7-17-27-43)44-28-30-45(59-2)31-29-44/h3-31,37,46-48H,1,32-36H2,2H3,(H,55,56,57)/t46-,47+,48?/m0/s1. The first-order valence-corrected chi connectivity index (χ1v) is 21.0. The quantitative estimate of drug-likeness (QED) is 0.0717. The van der Waals surface area contributed by atoms with E-state index < -0.39 is 5.54 Å². The zero-order valence-corrected chi connectivity index (χ0v) is 34.7. The summed E-state index contributed by atoms with van der Waals surface area (Å²) in [6, 6.07) is 59.2. The van der Waals surface area contributed by atoms with Gasteiger partial charge in [-0.25, -0.2) is 4.98 Å². The first-order valence-electron chi connectivity index (χ1n) is 21.0. The predicted octanol–water partition coefficient (Wildman–Crippen LogP) is 10.7. The monoisotopic (exact) mass is 819 g/mol. The van der Waals surface area contributed by atoms with Crippen molar-refractivity contribution >= 4 is 17.1 Å². The molecule has 62 heavy (non-hydrogen) atoms. The lowest BCUT2D eigenvalue weighted by Gasteiger charge is -2.37. The molecule has 0 amide bonds. The molecule has 1 fully saturated rings. The smallest absolute Gasteiger partial charge is 0.247 e. The van der Waals surface area contributed by atoms with Gasteiger partial charge in [0.2, 0.25) is 11.8 Å². The molecule has 9 heteroatoms. The Morgan fingerprint density at radius 2 is 1.18 bits per heavy atom. The second-order valence-corrected chi connectivity index (χ2v) is 15.6. The second kappa shape index (κ2) is 18.7. The molecular formula is C53H49N5O4. The minimum absolute atomic E-state index is 0.0722. The number of methoxy groups -OCH3 is 1. The summed E-state index contributed by atoms with van der Waals surface area (Å²) in [5, 5.41) is 3.88. The third kappa shape index (κ3) is 8.59. The maximum absolute atomic E-state index is 6.73. The molecule has 3 atom stereocenters. The predicted molar refractivity (Wildman–Crippen MR) is 243 cm³/mol. The van der Waals surface area contributed by atoms with Gasteiger partial charge in [0.25, 0.3) is 0 Å². The van der Waals surface area contributed by atoms with Gasteiger partial charge in [0.15, 0.2) is 11.2 Å². The van der Waals surface area contributed by atoms with Gasteiger partial charge in [0.05, 0.1) is 45.4 Å². The van der Waals surface area contributed by atoms with Crippen LogP contribution >= 0.6 is 0 Å². The number of rotatable bonds is 17. The molecule has 6 aromatic carbocycles. The summed E-state index contributed by atoms with van der Waals surface area (Å²) in [5.41, 5.74) is 7.45. The van der Waals surface area contributed by atoms with Crippen LogP contribution in [0.1, 0.15) is 45.8 Å². The van der Waals surface area contributed by atoms with Gasteiger partial charge >= 0.3 is 0 Å². The lowest BCUT2D eigenvalue weighted by atomic mass is 9.77. The van der Waals surface area contributed by atoms with Gasteiger partial charge in [-0.2, -0.15) is 9.97 Å². The minimum Gasteiger partial charge on any atom is -0.497 e. The number of anilines is 1. The summed E-state index contributed by atoms with van der Waals surface area (Å²) < 4.78 is 27.4. The molecule has 0 spiro atoms. The van der Waals surface area contributed by atoms with E-state index in [1.165, 1.54) is 0 Å². The average Bonchev–Trinajstić information content (AvgIpc) is 3.90. The van der Waals surface area contributed by atoms with E-state index >= 15 is 0 Å². The highest BCUT2D eigenvalue weighted by atomic mass is 16.5. The lowest BCUT2D eigenvalue weighted by Crippen LogP contribution is -2.38. The summed E-state index contributed by atoms with van der Waals surface area (Å²) in [6.45, 7) is 6.45. The number of nitrogens with one attached hydrogen (secondary N) is 1. The molecule has 1 aliphatic carbocycles. The number of nitrogens with zero attached hydrogens (tertiary/aromatic N) is 4. The van der Waals surface area contributed by atoms with Crippen LogP contribution in [-0.2, 0) is 34.8 Å². The average molecular weight is 820 g/mol. The summed E-state index contributed by atoms with van der Waals surface area (Å²) in [5.74, 6) is 1.42.